The molecule has 0 bridgehead atoms. The van der Waals surface area contributed by atoms with Gasteiger partial charge < -0.3 is 9.67 Å². The lowest BCUT2D eigenvalue weighted by molar-refractivity contribution is -0.136. The van der Waals surface area contributed by atoms with Crippen LogP contribution in [-0.4, -0.2) is 26.0 Å². The highest BCUT2D eigenvalue weighted by molar-refractivity contribution is 6.33. The minimum Gasteiger partial charge on any atom is -0.380 e. The van der Waals surface area contributed by atoms with Crippen molar-refractivity contribution < 1.29 is 9.90 Å². The van der Waals surface area contributed by atoms with Crippen LogP contribution in [0.15, 0.2) is 36.9 Å². The SMILES string of the molecule is [C-]#[N+]c1ccc(CC(=O)[C@@](C)(O)Cn2ccnc2)cc1Cl. The Bertz CT molecular complexity index is 687. The van der Waals surface area contributed by atoms with Crippen LogP contribution in [0.5, 0.6) is 0 Å². The van der Waals surface area contributed by atoms with Crippen molar-refractivity contribution in [1.82, 2.24) is 9.55 Å². The number of aliphatic hydroxyl groups is 1. The van der Waals surface area contributed by atoms with Gasteiger partial charge >= 0.3 is 0 Å². The van der Waals surface area contributed by atoms with E-state index in [9.17, 15) is 9.90 Å². The number of halogens is 1. The highest BCUT2D eigenvalue weighted by Gasteiger charge is 2.30. The first-order chi connectivity index (χ1) is 9.92. The fraction of sp³-hybridized carbons (Fsp3) is 0.267. The molecule has 21 heavy (non-hydrogen) atoms. The lowest BCUT2D eigenvalue weighted by Gasteiger charge is -2.22. The summed E-state index contributed by atoms with van der Waals surface area (Å²) in [6, 6.07) is 4.83. The van der Waals surface area contributed by atoms with E-state index < -0.39 is 5.60 Å². The van der Waals surface area contributed by atoms with Gasteiger partial charge in [-0.2, -0.15) is 0 Å². The molecule has 0 saturated carbocycles. The first-order valence-corrected chi connectivity index (χ1v) is 6.67. The summed E-state index contributed by atoms with van der Waals surface area (Å²) in [6.45, 7) is 8.55. The Balaban J connectivity index is 2.10. The van der Waals surface area contributed by atoms with Crippen LogP contribution in [0, 0.1) is 6.57 Å². The quantitative estimate of drug-likeness (QED) is 0.864. The molecule has 1 aromatic heterocycles. The topological polar surface area (TPSA) is 59.5 Å². The summed E-state index contributed by atoms with van der Waals surface area (Å²) in [4.78, 5) is 19.4. The predicted molar refractivity (Wildman–Crippen MR) is 79.3 cm³/mol. The number of carbonyl (C=O) groups is 1. The molecule has 108 valence electrons. The molecule has 0 saturated heterocycles. The summed E-state index contributed by atoms with van der Waals surface area (Å²) < 4.78 is 1.65. The Hall–Kier alpha value is -2.16. The first kappa shape index (κ1) is 15.2. The van der Waals surface area contributed by atoms with Crippen LogP contribution in [0.3, 0.4) is 0 Å². The fourth-order valence-electron chi connectivity index (χ4n) is 1.95. The molecule has 0 spiro atoms. The molecule has 1 aromatic carbocycles. The van der Waals surface area contributed by atoms with E-state index in [1.165, 1.54) is 6.92 Å². The lowest BCUT2D eigenvalue weighted by atomic mass is 9.95. The minimum atomic E-state index is -1.49. The average molecular weight is 304 g/mol. The van der Waals surface area contributed by atoms with E-state index in [0.717, 1.165) is 0 Å². The molecule has 1 heterocycles. The smallest absolute Gasteiger partial charge is 0.205 e. The zero-order chi connectivity index (χ0) is 15.5. The van der Waals surface area contributed by atoms with Crippen molar-refractivity contribution >= 4 is 23.1 Å². The van der Waals surface area contributed by atoms with Gasteiger partial charge in [0.05, 0.1) is 19.4 Å². The van der Waals surface area contributed by atoms with Crippen LogP contribution in [0.4, 0.5) is 5.69 Å². The number of benzene rings is 1. The van der Waals surface area contributed by atoms with Crippen molar-refractivity contribution in [2.75, 3.05) is 0 Å². The van der Waals surface area contributed by atoms with Gasteiger partial charge in [-0.05, 0) is 12.5 Å². The van der Waals surface area contributed by atoms with E-state index in [4.69, 9.17) is 18.2 Å². The molecular weight excluding hydrogens is 290 g/mol. The zero-order valence-corrected chi connectivity index (χ0v) is 12.2. The second-order valence-corrected chi connectivity index (χ2v) is 5.41. The van der Waals surface area contributed by atoms with Gasteiger partial charge in [0.25, 0.3) is 0 Å². The highest BCUT2D eigenvalue weighted by atomic mass is 35.5. The largest absolute Gasteiger partial charge is 0.380 e. The van der Waals surface area contributed by atoms with Crippen molar-refractivity contribution in [3.05, 3.63) is 58.9 Å². The Morgan fingerprint density at radius 1 is 1.57 bits per heavy atom. The van der Waals surface area contributed by atoms with Crippen LogP contribution in [0.25, 0.3) is 4.85 Å². The highest BCUT2D eigenvalue weighted by Crippen LogP contribution is 2.26. The monoisotopic (exact) mass is 303 g/mol. The van der Waals surface area contributed by atoms with E-state index in [0.29, 0.717) is 16.3 Å². The second-order valence-electron chi connectivity index (χ2n) is 5.01. The molecule has 0 fully saturated rings. The molecule has 1 N–H and O–H groups in total. The third-order valence-corrected chi connectivity index (χ3v) is 3.45. The molecule has 0 amide bonds. The molecule has 0 aliphatic rings. The molecule has 2 rings (SSSR count). The molecule has 2 aromatic rings. The first-order valence-electron chi connectivity index (χ1n) is 6.29. The molecule has 0 aliphatic carbocycles. The Morgan fingerprint density at radius 3 is 2.90 bits per heavy atom. The summed E-state index contributed by atoms with van der Waals surface area (Å²) in [6.07, 6.45) is 4.87. The van der Waals surface area contributed by atoms with Gasteiger partial charge in [0.1, 0.15) is 5.60 Å². The lowest BCUT2D eigenvalue weighted by Crippen LogP contribution is -2.40. The van der Waals surface area contributed by atoms with Gasteiger partial charge in [-0.25, -0.2) is 9.83 Å². The van der Waals surface area contributed by atoms with E-state index >= 15 is 0 Å². The molecule has 1 atom stereocenters. The standard InChI is InChI=1S/C15H14ClN3O2/c1-15(21,9-19-6-5-18-10-19)14(20)8-11-3-4-13(17-2)12(16)7-11/h3-7,10,21H,8-9H2,1H3/t15-/m0/s1. The number of nitrogens with zero attached hydrogens (tertiary/aromatic N) is 3. The number of rotatable bonds is 5. The summed E-state index contributed by atoms with van der Waals surface area (Å²) in [5, 5.41) is 10.6. The molecular formula is C15H14ClN3O2. The van der Waals surface area contributed by atoms with Gasteiger partial charge in [-0.1, -0.05) is 29.8 Å². The third kappa shape index (κ3) is 3.69. The zero-order valence-electron chi connectivity index (χ0n) is 11.5. The van der Waals surface area contributed by atoms with Gasteiger partial charge in [-0.15, -0.1) is 0 Å². The summed E-state index contributed by atoms with van der Waals surface area (Å²) in [5.41, 5.74) is -0.479. The van der Waals surface area contributed by atoms with Gasteiger partial charge in [0.15, 0.2) is 5.78 Å². The molecule has 0 radical (unpaired) electrons. The number of ketones is 1. The van der Waals surface area contributed by atoms with Crippen LogP contribution >= 0.6 is 11.6 Å². The van der Waals surface area contributed by atoms with Crippen molar-refractivity contribution in [2.24, 2.45) is 0 Å². The number of hydrogen-bond acceptors (Lipinski definition) is 3. The maximum absolute atomic E-state index is 12.2. The maximum atomic E-state index is 12.2. The Morgan fingerprint density at radius 2 is 2.33 bits per heavy atom. The van der Waals surface area contributed by atoms with Crippen LogP contribution in [-0.2, 0) is 17.8 Å². The van der Waals surface area contributed by atoms with Crippen molar-refractivity contribution in [3.8, 4) is 0 Å². The Kier molecular flexibility index (Phi) is 4.41. The average Bonchev–Trinajstić information content (AvgIpc) is 2.91. The molecule has 6 heteroatoms. The van der Waals surface area contributed by atoms with E-state index in [2.05, 4.69) is 9.83 Å². The van der Waals surface area contributed by atoms with Crippen LogP contribution < -0.4 is 0 Å². The molecule has 5 nitrogen and oxygen atoms in total. The number of aromatic nitrogens is 2. The summed E-state index contributed by atoms with van der Waals surface area (Å²) >= 11 is 5.94. The maximum Gasteiger partial charge on any atom is 0.205 e. The van der Waals surface area contributed by atoms with E-state index in [1.807, 2.05) is 0 Å². The van der Waals surface area contributed by atoms with Crippen molar-refractivity contribution in [1.29, 1.82) is 0 Å². The van der Waals surface area contributed by atoms with Gasteiger partial charge in [-0.3, -0.25) is 4.79 Å². The predicted octanol–water partition coefficient (Wildman–Crippen LogP) is 2.65. The normalized spacial score (nSPS) is 13.4. The number of carbonyl (C=O) groups excluding carboxylic acids is 1. The van der Waals surface area contributed by atoms with Crippen LogP contribution in [0.2, 0.25) is 5.02 Å². The second kappa shape index (κ2) is 6.08. The van der Waals surface area contributed by atoms with E-state index in [-0.39, 0.29) is 18.7 Å². The molecule has 0 unspecified atom stereocenters. The summed E-state index contributed by atoms with van der Waals surface area (Å²) in [7, 11) is 0. The van der Waals surface area contributed by atoms with Crippen molar-refractivity contribution in [3.63, 3.8) is 0 Å². The number of imidazole rings is 1. The minimum absolute atomic E-state index is 0.0553. The van der Waals surface area contributed by atoms with Gasteiger partial charge in [0, 0.05) is 23.8 Å². The Labute approximate surface area is 127 Å². The number of Topliss-reactive ketones (excluding diaryl/α,β-unsaturated/α-hetero) is 1. The van der Waals surface area contributed by atoms with Gasteiger partial charge in [0.2, 0.25) is 5.69 Å². The fourth-order valence-corrected chi connectivity index (χ4v) is 2.20. The third-order valence-electron chi connectivity index (χ3n) is 3.15. The van der Waals surface area contributed by atoms with E-state index in [1.54, 1.807) is 41.5 Å². The number of hydrogen-bond donors (Lipinski definition) is 1. The summed E-state index contributed by atoms with van der Waals surface area (Å²) in [5.74, 6) is -0.317. The van der Waals surface area contributed by atoms with Crippen LogP contribution in [0.1, 0.15) is 12.5 Å². The molecule has 0 aliphatic heterocycles. The van der Waals surface area contributed by atoms with Crippen molar-refractivity contribution in [2.45, 2.75) is 25.5 Å².